The van der Waals surface area contributed by atoms with E-state index in [0.29, 0.717) is 11.6 Å². The molecule has 3 rings (SSSR count). The molecule has 0 amide bonds. The number of aromatic amines is 1. The molecule has 0 bridgehead atoms. The fraction of sp³-hybridized carbons (Fsp3) is 0. The minimum absolute atomic E-state index is 0.578. The topological polar surface area (TPSA) is 66.2 Å². The highest BCUT2D eigenvalue weighted by atomic mass is 15.1. The van der Waals surface area contributed by atoms with Crippen molar-refractivity contribution in [2.45, 2.75) is 0 Å². The number of nitrogens with one attached hydrogen (secondary N) is 2. The molecule has 1 aliphatic heterocycles. The summed E-state index contributed by atoms with van der Waals surface area (Å²) < 4.78 is 0. The van der Waals surface area contributed by atoms with Crippen LogP contribution in [0.4, 0.5) is 0 Å². The van der Waals surface area contributed by atoms with Gasteiger partial charge in [-0.1, -0.05) is 6.58 Å². The first-order chi connectivity index (χ1) is 7.25. The summed E-state index contributed by atoms with van der Waals surface area (Å²) in [6.07, 6.45) is 1.89. The van der Waals surface area contributed by atoms with Gasteiger partial charge in [0, 0.05) is 22.3 Å². The third kappa shape index (κ3) is 1.05. The van der Waals surface area contributed by atoms with Crippen LogP contribution in [0, 0.1) is 0 Å². The van der Waals surface area contributed by atoms with Crippen LogP contribution in [0.25, 0.3) is 16.7 Å². The Morgan fingerprint density at radius 3 is 3.00 bits per heavy atom. The van der Waals surface area contributed by atoms with Gasteiger partial charge in [0.1, 0.15) is 11.6 Å². The third-order valence-electron chi connectivity index (χ3n) is 2.52. The Hall–Kier alpha value is -2.23. The normalized spacial score (nSPS) is 14.7. The molecule has 0 fully saturated rings. The molecule has 0 unspecified atom stereocenters. The molecule has 2 heterocycles. The number of fused-ring (bicyclic) bond motifs is 3. The highest BCUT2D eigenvalue weighted by Crippen LogP contribution is 2.05. The summed E-state index contributed by atoms with van der Waals surface area (Å²) in [6, 6.07) is 5.93. The Balaban J connectivity index is 2.64. The molecule has 0 saturated heterocycles. The first-order valence-electron chi connectivity index (χ1n) is 4.66. The number of rotatable bonds is 0. The maximum absolute atomic E-state index is 5.87. The number of benzene rings is 1. The standard InChI is InChI=1S/C11H10N4/c1-6-14-10-7-4-5-13-9(7)3-2-8(10)11(12)15-6/h2-5,13,15H,1,12H2. The van der Waals surface area contributed by atoms with E-state index in [2.05, 4.69) is 21.9 Å². The average Bonchev–Trinajstić information content (AvgIpc) is 2.65. The molecular weight excluding hydrogens is 188 g/mol. The lowest BCUT2D eigenvalue weighted by Crippen LogP contribution is -2.40. The number of aromatic nitrogens is 1. The third-order valence-corrected chi connectivity index (χ3v) is 2.52. The predicted octanol–water partition coefficient (Wildman–Crippen LogP) is -0.114. The van der Waals surface area contributed by atoms with Crippen LogP contribution in [0.2, 0.25) is 0 Å². The predicted molar refractivity (Wildman–Crippen MR) is 59.0 cm³/mol. The smallest absolute Gasteiger partial charge is 0.124 e. The van der Waals surface area contributed by atoms with E-state index in [1.807, 2.05) is 24.4 Å². The Morgan fingerprint density at radius 2 is 2.13 bits per heavy atom. The van der Waals surface area contributed by atoms with E-state index in [1.54, 1.807) is 0 Å². The molecule has 15 heavy (non-hydrogen) atoms. The molecular formula is C11H10N4. The Kier molecular flexibility index (Phi) is 1.42. The van der Waals surface area contributed by atoms with Crippen molar-refractivity contribution in [3.05, 3.63) is 47.4 Å². The van der Waals surface area contributed by atoms with Crippen molar-refractivity contribution in [1.82, 2.24) is 10.3 Å². The maximum Gasteiger partial charge on any atom is 0.124 e. The van der Waals surface area contributed by atoms with Crippen molar-refractivity contribution in [2.24, 2.45) is 10.7 Å². The molecule has 0 aliphatic carbocycles. The Morgan fingerprint density at radius 1 is 1.27 bits per heavy atom. The summed E-state index contributed by atoms with van der Waals surface area (Å²) in [6.45, 7) is 3.77. The van der Waals surface area contributed by atoms with E-state index in [-0.39, 0.29) is 0 Å². The maximum atomic E-state index is 5.87. The van der Waals surface area contributed by atoms with Crippen LogP contribution in [0.3, 0.4) is 0 Å². The molecule has 1 aromatic heterocycles. The summed E-state index contributed by atoms with van der Waals surface area (Å²) in [4.78, 5) is 7.51. The van der Waals surface area contributed by atoms with Crippen LogP contribution in [0.5, 0.6) is 0 Å². The lowest BCUT2D eigenvalue weighted by molar-refractivity contribution is 0.966. The lowest BCUT2D eigenvalue weighted by Gasteiger charge is -2.10. The Labute approximate surface area is 85.8 Å². The fourth-order valence-corrected chi connectivity index (χ4v) is 1.84. The van der Waals surface area contributed by atoms with E-state index >= 15 is 0 Å². The van der Waals surface area contributed by atoms with Crippen molar-refractivity contribution < 1.29 is 0 Å². The molecule has 0 radical (unpaired) electrons. The first kappa shape index (κ1) is 8.11. The van der Waals surface area contributed by atoms with Gasteiger partial charge in [0.05, 0.1) is 5.36 Å². The summed E-state index contributed by atoms with van der Waals surface area (Å²) in [5.41, 5.74) is 6.93. The van der Waals surface area contributed by atoms with Gasteiger partial charge in [-0.05, 0) is 18.2 Å². The number of H-pyrrole nitrogens is 1. The molecule has 1 aromatic carbocycles. The van der Waals surface area contributed by atoms with Crippen molar-refractivity contribution >= 4 is 16.7 Å². The number of hydrogen-bond acceptors (Lipinski definition) is 3. The number of hydrogen-bond donors (Lipinski definition) is 3. The average molecular weight is 198 g/mol. The summed E-state index contributed by atoms with van der Waals surface area (Å²) in [5.74, 6) is 1.18. The van der Waals surface area contributed by atoms with Crippen molar-refractivity contribution in [1.29, 1.82) is 0 Å². The van der Waals surface area contributed by atoms with Gasteiger partial charge in [0.2, 0.25) is 0 Å². The van der Waals surface area contributed by atoms with Crippen LogP contribution in [0.15, 0.2) is 41.8 Å². The van der Waals surface area contributed by atoms with E-state index in [9.17, 15) is 0 Å². The van der Waals surface area contributed by atoms with Gasteiger partial charge in [0.15, 0.2) is 0 Å². The van der Waals surface area contributed by atoms with E-state index in [0.717, 1.165) is 21.5 Å². The van der Waals surface area contributed by atoms with Crippen molar-refractivity contribution in [3.63, 3.8) is 0 Å². The monoisotopic (exact) mass is 198 g/mol. The minimum Gasteiger partial charge on any atom is -0.385 e. The lowest BCUT2D eigenvalue weighted by atomic mass is 10.2. The SMILES string of the molecule is C=C1N=c2c(ccc3[nH]ccc23)=C(N)N1. The zero-order valence-corrected chi connectivity index (χ0v) is 8.04. The molecule has 0 spiro atoms. The zero-order valence-electron chi connectivity index (χ0n) is 8.04. The summed E-state index contributed by atoms with van der Waals surface area (Å²) in [7, 11) is 0. The van der Waals surface area contributed by atoms with Crippen LogP contribution in [-0.2, 0) is 0 Å². The fourth-order valence-electron chi connectivity index (χ4n) is 1.84. The Bertz CT molecular complexity index is 678. The van der Waals surface area contributed by atoms with Crippen LogP contribution >= 0.6 is 0 Å². The molecule has 4 heteroatoms. The van der Waals surface area contributed by atoms with Crippen LogP contribution in [0.1, 0.15) is 0 Å². The van der Waals surface area contributed by atoms with Gasteiger partial charge in [-0.3, -0.25) is 0 Å². The number of nitrogens with two attached hydrogens (primary N) is 1. The first-order valence-corrected chi connectivity index (χ1v) is 4.66. The zero-order chi connectivity index (χ0) is 10.4. The minimum atomic E-state index is 0.578. The van der Waals surface area contributed by atoms with Gasteiger partial charge < -0.3 is 16.0 Å². The van der Waals surface area contributed by atoms with E-state index in [4.69, 9.17) is 5.73 Å². The van der Waals surface area contributed by atoms with Gasteiger partial charge >= 0.3 is 0 Å². The highest BCUT2D eigenvalue weighted by molar-refractivity contribution is 5.79. The van der Waals surface area contributed by atoms with Gasteiger partial charge in [-0.2, -0.15) is 0 Å². The second kappa shape index (κ2) is 2.63. The van der Waals surface area contributed by atoms with Crippen molar-refractivity contribution in [2.75, 3.05) is 0 Å². The second-order valence-electron chi connectivity index (χ2n) is 3.50. The second-order valence-corrected chi connectivity index (χ2v) is 3.50. The molecule has 0 saturated carbocycles. The molecule has 4 nitrogen and oxygen atoms in total. The van der Waals surface area contributed by atoms with Crippen LogP contribution < -0.4 is 21.6 Å². The molecule has 4 N–H and O–H groups in total. The van der Waals surface area contributed by atoms with Gasteiger partial charge in [-0.25, -0.2) is 4.99 Å². The summed E-state index contributed by atoms with van der Waals surface area (Å²) in [5, 5.41) is 5.79. The molecule has 74 valence electrons. The molecule has 2 aromatic rings. The van der Waals surface area contributed by atoms with E-state index in [1.165, 1.54) is 0 Å². The quantitative estimate of drug-likeness (QED) is 0.553. The highest BCUT2D eigenvalue weighted by Gasteiger charge is 2.06. The van der Waals surface area contributed by atoms with Crippen molar-refractivity contribution in [3.8, 4) is 0 Å². The largest absolute Gasteiger partial charge is 0.385 e. The number of nitrogens with zero attached hydrogens (tertiary/aromatic N) is 1. The molecule has 0 atom stereocenters. The molecule has 1 aliphatic rings. The summed E-state index contributed by atoms with van der Waals surface area (Å²) >= 11 is 0. The van der Waals surface area contributed by atoms with Gasteiger partial charge in [-0.15, -0.1) is 0 Å². The van der Waals surface area contributed by atoms with Gasteiger partial charge in [0.25, 0.3) is 0 Å². The van der Waals surface area contributed by atoms with E-state index < -0.39 is 0 Å². The van der Waals surface area contributed by atoms with Crippen LogP contribution in [-0.4, -0.2) is 4.98 Å².